The first kappa shape index (κ1) is 22.9. The van der Waals surface area contributed by atoms with Crippen LogP contribution >= 0.6 is 23.4 Å². The predicted molar refractivity (Wildman–Crippen MR) is 109 cm³/mol. The normalized spacial score (nSPS) is 11.1. The average molecular weight is 447 g/mol. The molecule has 0 aromatic heterocycles. The number of anilines is 2. The largest absolute Gasteiger partial charge is 0.482 e. The van der Waals surface area contributed by atoms with Crippen LogP contribution in [0.25, 0.3) is 0 Å². The molecule has 0 aliphatic rings. The molecule has 0 aliphatic carbocycles. The fraction of sp³-hybridized carbons (Fsp3) is 0.263. The molecule has 2 aromatic carbocycles. The summed E-state index contributed by atoms with van der Waals surface area (Å²) in [7, 11) is 0. The number of ether oxygens (including phenoxy) is 1. The van der Waals surface area contributed by atoms with E-state index in [4.69, 9.17) is 16.3 Å². The van der Waals surface area contributed by atoms with E-state index in [1.165, 1.54) is 18.2 Å². The summed E-state index contributed by atoms with van der Waals surface area (Å²) >= 11 is 6.90. The number of alkyl halides is 3. The van der Waals surface area contributed by atoms with Crippen molar-refractivity contribution >= 4 is 46.6 Å². The number of hydrogen-bond acceptors (Lipinski definition) is 4. The van der Waals surface area contributed by atoms with Gasteiger partial charge in [-0.05, 0) is 37.3 Å². The highest BCUT2D eigenvalue weighted by Crippen LogP contribution is 2.29. The fourth-order valence-corrected chi connectivity index (χ4v) is 2.93. The van der Waals surface area contributed by atoms with Crippen LogP contribution in [0, 0.1) is 6.92 Å². The maximum atomic E-state index is 12.4. The van der Waals surface area contributed by atoms with Gasteiger partial charge in [0, 0.05) is 10.7 Å². The number of halogens is 4. The minimum atomic E-state index is -4.51. The number of carbonyl (C=O) groups is 2. The van der Waals surface area contributed by atoms with Gasteiger partial charge < -0.3 is 15.4 Å². The molecule has 0 radical (unpaired) electrons. The molecular weight excluding hydrogens is 429 g/mol. The third-order valence-electron chi connectivity index (χ3n) is 3.41. The van der Waals surface area contributed by atoms with Crippen molar-refractivity contribution in [2.75, 3.05) is 28.7 Å². The number of amides is 2. The highest BCUT2D eigenvalue weighted by molar-refractivity contribution is 8.00. The molecule has 0 spiro atoms. The van der Waals surface area contributed by atoms with Crippen LogP contribution < -0.4 is 15.4 Å². The van der Waals surface area contributed by atoms with Gasteiger partial charge >= 0.3 is 6.18 Å². The molecule has 0 aliphatic heterocycles. The Bertz CT molecular complexity index is 861. The molecule has 0 atom stereocenters. The van der Waals surface area contributed by atoms with E-state index >= 15 is 0 Å². The first-order chi connectivity index (χ1) is 13.6. The fourth-order valence-electron chi connectivity index (χ4n) is 2.14. The summed E-state index contributed by atoms with van der Waals surface area (Å²) in [5.41, 5.74) is 1.74. The Kier molecular flexibility index (Phi) is 8.21. The summed E-state index contributed by atoms with van der Waals surface area (Å²) in [6.07, 6.45) is -4.51. The quantitative estimate of drug-likeness (QED) is 0.605. The Morgan fingerprint density at radius 1 is 1.03 bits per heavy atom. The van der Waals surface area contributed by atoms with Gasteiger partial charge in [-0.15, -0.1) is 11.8 Å². The monoisotopic (exact) mass is 446 g/mol. The molecule has 0 saturated heterocycles. The zero-order valence-electron chi connectivity index (χ0n) is 15.3. The van der Waals surface area contributed by atoms with Crippen LogP contribution in [-0.4, -0.2) is 36.1 Å². The molecule has 0 saturated carbocycles. The van der Waals surface area contributed by atoms with E-state index < -0.39 is 18.7 Å². The van der Waals surface area contributed by atoms with Crippen LogP contribution in [0.1, 0.15) is 5.56 Å². The third kappa shape index (κ3) is 8.66. The van der Waals surface area contributed by atoms with E-state index in [1.807, 2.05) is 19.1 Å². The average Bonchev–Trinajstić information content (AvgIpc) is 2.62. The second-order valence-electron chi connectivity index (χ2n) is 6.00. The molecule has 0 heterocycles. The van der Waals surface area contributed by atoms with Crippen LogP contribution in [-0.2, 0) is 9.59 Å². The van der Waals surface area contributed by atoms with Gasteiger partial charge in [-0.1, -0.05) is 29.3 Å². The Balaban J connectivity index is 1.83. The topological polar surface area (TPSA) is 67.4 Å². The van der Waals surface area contributed by atoms with E-state index in [-0.39, 0.29) is 33.9 Å². The van der Waals surface area contributed by atoms with Crippen molar-refractivity contribution in [2.24, 2.45) is 0 Å². The molecule has 2 rings (SSSR count). The molecule has 2 aromatic rings. The molecule has 2 N–H and O–H groups in total. The molecule has 156 valence electrons. The van der Waals surface area contributed by atoms with Crippen molar-refractivity contribution in [1.29, 1.82) is 0 Å². The maximum absolute atomic E-state index is 12.4. The van der Waals surface area contributed by atoms with Gasteiger partial charge in [-0.2, -0.15) is 13.2 Å². The first-order valence-corrected chi connectivity index (χ1v) is 9.89. The SMILES string of the molecule is Cc1ccc(NC(=O)CSCC(=O)Nc2cc(Cl)ccc2OCC(F)(F)F)cc1. The zero-order chi connectivity index (χ0) is 21.4. The van der Waals surface area contributed by atoms with Crippen LogP contribution in [0.3, 0.4) is 0 Å². The maximum Gasteiger partial charge on any atom is 0.422 e. The summed E-state index contributed by atoms with van der Waals surface area (Å²) < 4.78 is 41.8. The lowest BCUT2D eigenvalue weighted by molar-refractivity contribution is -0.153. The smallest absolute Gasteiger partial charge is 0.422 e. The molecule has 2 amide bonds. The Labute approximate surface area is 175 Å². The van der Waals surface area contributed by atoms with E-state index in [1.54, 1.807) is 12.1 Å². The second-order valence-corrected chi connectivity index (χ2v) is 7.42. The van der Waals surface area contributed by atoms with Crippen molar-refractivity contribution in [2.45, 2.75) is 13.1 Å². The van der Waals surface area contributed by atoms with Crippen LogP contribution in [0.4, 0.5) is 24.5 Å². The third-order valence-corrected chi connectivity index (χ3v) is 4.58. The van der Waals surface area contributed by atoms with E-state index in [9.17, 15) is 22.8 Å². The summed E-state index contributed by atoms with van der Waals surface area (Å²) in [4.78, 5) is 24.0. The van der Waals surface area contributed by atoms with Gasteiger partial charge in [-0.3, -0.25) is 9.59 Å². The van der Waals surface area contributed by atoms with Gasteiger partial charge in [0.25, 0.3) is 0 Å². The number of carbonyl (C=O) groups excluding carboxylic acids is 2. The molecule has 5 nitrogen and oxygen atoms in total. The van der Waals surface area contributed by atoms with Crippen LogP contribution in [0.5, 0.6) is 5.75 Å². The zero-order valence-corrected chi connectivity index (χ0v) is 16.9. The summed E-state index contributed by atoms with van der Waals surface area (Å²) in [6.45, 7) is 0.436. The van der Waals surface area contributed by atoms with Crippen LogP contribution in [0.15, 0.2) is 42.5 Å². The molecule has 0 bridgehead atoms. The van der Waals surface area contributed by atoms with Gasteiger partial charge in [0.15, 0.2) is 6.61 Å². The minimum absolute atomic E-state index is 0.0245. The molecule has 0 fully saturated rings. The Morgan fingerprint density at radius 2 is 1.66 bits per heavy atom. The number of rotatable bonds is 8. The standard InChI is InChI=1S/C19H18ClF3N2O3S/c1-12-2-5-14(6-3-12)24-17(26)9-29-10-18(27)25-15-8-13(20)4-7-16(15)28-11-19(21,22)23/h2-8H,9-11H2,1H3,(H,24,26)(H,25,27). The second kappa shape index (κ2) is 10.4. The summed E-state index contributed by atoms with van der Waals surface area (Å²) in [5.74, 6) is -0.969. The lowest BCUT2D eigenvalue weighted by atomic mass is 10.2. The van der Waals surface area contributed by atoms with Crippen molar-refractivity contribution < 1.29 is 27.5 Å². The Hall–Kier alpha value is -2.39. The molecule has 29 heavy (non-hydrogen) atoms. The van der Waals surface area contributed by atoms with Gasteiger partial charge in [0.1, 0.15) is 5.75 Å². The van der Waals surface area contributed by atoms with Crippen molar-refractivity contribution in [3.8, 4) is 5.75 Å². The van der Waals surface area contributed by atoms with Gasteiger partial charge in [0.2, 0.25) is 11.8 Å². The van der Waals surface area contributed by atoms with E-state index in [2.05, 4.69) is 10.6 Å². The predicted octanol–water partition coefficient (Wildman–Crippen LogP) is 4.90. The van der Waals surface area contributed by atoms with Gasteiger partial charge in [0.05, 0.1) is 17.2 Å². The highest BCUT2D eigenvalue weighted by atomic mass is 35.5. The highest BCUT2D eigenvalue weighted by Gasteiger charge is 2.29. The number of aryl methyl sites for hydroxylation is 1. The molecular formula is C19H18ClF3N2O3S. The van der Waals surface area contributed by atoms with Gasteiger partial charge in [-0.25, -0.2) is 0 Å². The Morgan fingerprint density at radius 3 is 2.28 bits per heavy atom. The minimum Gasteiger partial charge on any atom is -0.482 e. The van der Waals surface area contributed by atoms with E-state index in [0.717, 1.165) is 17.3 Å². The lowest BCUT2D eigenvalue weighted by Crippen LogP contribution is -2.21. The first-order valence-electron chi connectivity index (χ1n) is 8.35. The molecule has 0 unspecified atom stereocenters. The number of nitrogens with one attached hydrogen (secondary N) is 2. The summed E-state index contributed by atoms with van der Waals surface area (Å²) in [5, 5.41) is 5.38. The van der Waals surface area contributed by atoms with Crippen molar-refractivity contribution in [3.05, 3.63) is 53.1 Å². The van der Waals surface area contributed by atoms with Crippen molar-refractivity contribution in [1.82, 2.24) is 0 Å². The number of thioether (sulfide) groups is 1. The number of hydrogen-bond donors (Lipinski definition) is 2. The molecule has 10 heteroatoms. The van der Waals surface area contributed by atoms with Crippen LogP contribution in [0.2, 0.25) is 5.02 Å². The summed E-state index contributed by atoms with van der Waals surface area (Å²) in [6, 6.07) is 11.1. The van der Waals surface area contributed by atoms with Crippen molar-refractivity contribution in [3.63, 3.8) is 0 Å². The van der Waals surface area contributed by atoms with E-state index in [0.29, 0.717) is 5.69 Å². The lowest BCUT2D eigenvalue weighted by Gasteiger charge is -2.14. The number of benzene rings is 2.